The Kier molecular flexibility index (Phi) is 4.24. The van der Waals surface area contributed by atoms with E-state index in [9.17, 15) is 4.79 Å². The maximum absolute atomic E-state index is 12.9. The number of benzene rings is 1. The molecule has 22 heavy (non-hydrogen) atoms. The van der Waals surface area contributed by atoms with Crippen molar-refractivity contribution in [2.45, 2.75) is 32.2 Å². The topological polar surface area (TPSA) is 64.2 Å². The second-order valence-electron chi connectivity index (χ2n) is 5.77. The minimum Gasteiger partial charge on any atom is -0.334 e. The van der Waals surface area contributed by atoms with Gasteiger partial charge in [-0.1, -0.05) is 18.2 Å². The van der Waals surface area contributed by atoms with Gasteiger partial charge in [0.05, 0.1) is 23.1 Å². The lowest BCUT2D eigenvalue weighted by atomic mass is 10.0. The van der Waals surface area contributed by atoms with Gasteiger partial charge in [0.25, 0.3) is 5.91 Å². The highest BCUT2D eigenvalue weighted by Gasteiger charge is 2.28. The number of para-hydroxylation sites is 1. The van der Waals surface area contributed by atoms with Crippen molar-refractivity contribution in [1.82, 2.24) is 14.7 Å². The summed E-state index contributed by atoms with van der Waals surface area (Å²) in [6, 6.07) is 10.0. The first-order valence-electron chi connectivity index (χ1n) is 7.83. The number of aromatic nitrogens is 2. The highest BCUT2D eigenvalue weighted by Crippen LogP contribution is 2.21. The molecule has 2 N–H and O–H groups in total. The Morgan fingerprint density at radius 1 is 1.32 bits per heavy atom. The van der Waals surface area contributed by atoms with Gasteiger partial charge in [0.15, 0.2) is 0 Å². The highest BCUT2D eigenvalue weighted by atomic mass is 16.2. The van der Waals surface area contributed by atoms with Gasteiger partial charge in [0.2, 0.25) is 0 Å². The van der Waals surface area contributed by atoms with E-state index in [4.69, 9.17) is 5.73 Å². The van der Waals surface area contributed by atoms with Gasteiger partial charge in [-0.2, -0.15) is 5.10 Å². The molecule has 1 unspecified atom stereocenters. The number of likely N-dealkylation sites (tertiary alicyclic amines) is 1. The van der Waals surface area contributed by atoms with E-state index in [-0.39, 0.29) is 11.9 Å². The fourth-order valence-corrected chi connectivity index (χ4v) is 3.12. The molecule has 1 aromatic heterocycles. The molecule has 1 saturated heterocycles. The summed E-state index contributed by atoms with van der Waals surface area (Å²) in [6.45, 7) is 3.25. The number of hydrogen-bond acceptors (Lipinski definition) is 3. The van der Waals surface area contributed by atoms with Crippen molar-refractivity contribution < 1.29 is 4.79 Å². The van der Waals surface area contributed by atoms with E-state index in [1.807, 2.05) is 46.8 Å². The molecule has 1 aromatic carbocycles. The van der Waals surface area contributed by atoms with Crippen molar-refractivity contribution in [2.24, 2.45) is 5.73 Å². The molecule has 1 atom stereocenters. The number of carbonyl (C=O) groups is 1. The number of nitrogens with zero attached hydrogens (tertiary/aromatic N) is 3. The predicted molar refractivity (Wildman–Crippen MR) is 86.0 cm³/mol. The SMILES string of the molecule is Cc1c(C(=O)N2CCCCC2CN)cnn1-c1ccccc1. The molecule has 2 aromatic rings. The van der Waals surface area contributed by atoms with E-state index in [0.29, 0.717) is 12.1 Å². The molecule has 0 spiro atoms. The van der Waals surface area contributed by atoms with Crippen LogP contribution in [0.25, 0.3) is 5.69 Å². The van der Waals surface area contributed by atoms with Crippen molar-refractivity contribution in [3.05, 3.63) is 47.8 Å². The first kappa shape index (κ1) is 14.8. The fraction of sp³-hybridized carbons (Fsp3) is 0.412. The zero-order chi connectivity index (χ0) is 15.5. The summed E-state index contributed by atoms with van der Waals surface area (Å²) >= 11 is 0. The summed E-state index contributed by atoms with van der Waals surface area (Å²) in [7, 11) is 0. The number of piperidine rings is 1. The molecule has 5 heteroatoms. The maximum Gasteiger partial charge on any atom is 0.257 e. The van der Waals surface area contributed by atoms with Gasteiger partial charge in [0, 0.05) is 19.1 Å². The number of hydrogen-bond donors (Lipinski definition) is 1. The van der Waals surface area contributed by atoms with Crippen LogP contribution in [0.5, 0.6) is 0 Å². The molecular weight excluding hydrogens is 276 g/mol. The number of nitrogens with two attached hydrogens (primary N) is 1. The quantitative estimate of drug-likeness (QED) is 0.944. The number of carbonyl (C=O) groups excluding carboxylic acids is 1. The molecule has 1 fully saturated rings. The van der Waals surface area contributed by atoms with Gasteiger partial charge in [-0.3, -0.25) is 4.79 Å². The minimum absolute atomic E-state index is 0.0508. The molecule has 0 radical (unpaired) electrons. The first-order chi connectivity index (χ1) is 10.7. The molecule has 1 aliphatic heterocycles. The average Bonchev–Trinajstić information content (AvgIpc) is 2.96. The van der Waals surface area contributed by atoms with Crippen LogP contribution < -0.4 is 5.73 Å². The molecular formula is C17H22N4O. The summed E-state index contributed by atoms with van der Waals surface area (Å²) < 4.78 is 1.81. The third-order valence-corrected chi connectivity index (χ3v) is 4.40. The van der Waals surface area contributed by atoms with Crippen molar-refractivity contribution in [3.8, 4) is 5.69 Å². The Balaban J connectivity index is 1.89. The van der Waals surface area contributed by atoms with Gasteiger partial charge in [0.1, 0.15) is 0 Å². The number of rotatable bonds is 3. The van der Waals surface area contributed by atoms with Crippen LogP contribution in [0.1, 0.15) is 35.3 Å². The molecule has 0 aliphatic carbocycles. The van der Waals surface area contributed by atoms with Crippen LogP contribution in [-0.2, 0) is 0 Å². The van der Waals surface area contributed by atoms with Crippen molar-refractivity contribution >= 4 is 5.91 Å². The molecule has 0 bridgehead atoms. The maximum atomic E-state index is 12.9. The average molecular weight is 298 g/mol. The Labute approximate surface area is 130 Å². The first-order valence-corrected chi connectivity index (χ1v) is 7.83. The normalized spacial score (nSPS) is 18.5. The van der Waals surface area contributed by atoms with Crippen LogP contribution in [0.2, 0.25) is 0 Å². The zero-order valence-electron chi connectivity index (χ0n) is 12.9. The Hall–Kier alpha value is -2.14. The lowest BCUT2D eigenvalue weighted by Gasteiger charge is -2.35. The summed E-state index contributed by atoms with van der Waals surface area (Å²) in [5, 5.41) is 4.39. The summed E-state index contributed by atoms with van der Waals surface area (Å²) in [5.74, 6) is 0.0508. The van der Waals surface area contributed by atoms with Crippen LogP contribution >= 0.6 is 0 Å². The van der Waals surface area contributed by atoms with Crippen molar-refractivity contribution in [2.75, 3.05) is 13.1 Å². The smallest absolute Gasteiger partial charge is 0.257 e. The van der Waals surface area contributed by atoms with Crippen LogP contribution in [-0.4, -0.2) is 39.7 Å². The molecule has 1 amide bonds. The van der Waals surface area contributed by atoms with E-state index < -0.39 is 0 Å². The molecule has 3 rings (SSSR count). The second-order valence-corrected chi connectivity index (χ2v) is 5.77. The van der Waals surface area contributed by atoms with E-state index >= 15 is 0 Å². The molecule has 116 valence electrons. The summed E-state index contributed by atoms with van der Waals surface area (Å²) in [6.07, 6.45) is 4.86. The molecule has 0 saturated carbocycles. The fourth-order valence-electron chi connectivity index (χ4n) is 3.12. The van der Waals surface area contributed by atoms with Gasteiger partial charge < -0.3 is 10.6 Å². The van der Waals surface area contributed by atoms with Crippen molar-refractivity contribution in [1.29, 1.82) is 0 Å². The summed E-state index contributed by atoms with van der Waals surface area (Å²) in [4.78, 5) is 14.8. The predicted octanol–water partition coefficient (Wildman–Crippen LogP) is 2.13. The second kappa shape index (κ2) is 6.32. The van der Waals surface area contributed by atoms with Gasteiger partial charge in [-0.25, -0.2) is 4.68 Å². The van der Waals surface area contributed by atoms with E-state index in [2.05, 4.69) is 5.10 Å². The van der Waals surface area contributed by atoms with Gasteiger partial charge in [-0.15, -0.1) is 0 Å². The van der Waals surface area contributed by atoms with E-state index in [1.54, 1.807) is 6.20 Å². The number of amides is 1. The van der Waals surface area contributed by atoms with Crippen LogP contribution in [0.15, 0.2) is 36.5 Å². The molecule has 1 aliphatic rings. The zero-order valence-corrected chi connectivity index (χ0v) is 12.9. The molecule has 2 heterocycles. The third kappa shape index (κ3) is 2.64. The monoisotopic (exact) mass is 298 g/mol. The largest absolute Gasteiger partial charge is 0.334 e. The Morgan fingerprint density at radius 3 is 2.82 bits per heavy atom. The third-order valence-electron chi connectivity index (χ3n) is 4.40. The summed E-state index contributed by atoms with van der Waals surface area (Å²) in [5.41, 5.74) is 8.34. The molecule has 5 nitrogen and oxygen atoms in total. The van der Waals surface area contributed by atoms with E-state index in [1.165, 1.54) is 0 Å². The van der Waals surface area contributed by atoms with Crippen LogP contribution in [0.3, 0.4) is 0 Å². The van der Waals surface area contributed by atoms with Gasteiger partial charge >= 0.3 is 0 Å². The van der Waals surface area contributed by atoms with Crippen LogP contribution in [0, 0.1) is 6.92 Å². The standard InChI is InChI=1S/C17H22N4O/c1-13-16(12-19-21(13)14-7-3-2-4-8-14)17(22)20-10-6-5-9-15(20)11-18/h2-4,7-8,12,15H,5-6,9-11,18H2,1H3. The highest BCUT2D eigenvalue weighted by molar-refractivity contribution is 5.95. The van der Waals surface area contributed by atoms with Crippen LogP contribution in [0.4, 0.5) is 0 Å². The van der Waals surface area contributed by atoms with Crippen molar-refractivity contribution in [3.63, 3.8) is 0 Å². The lowest BCUT2D eigenvalue weighted by molar-refractivity contribution is 0.0622. The minimum atomic E-state index is 0.0508. The van der Waals surface area contributed by atoms with Gasteiger partial charge in [-0.05, 0) is 38.3 Å². The van der Waals surface area contributed by atoms with E-state index in [0.717, 1.165) is 37.2 Å². The Bertz CT molecular complexity index is 650. The Morgan fingerprint density at radius 2 is 2.09 bits per heavy atom. The lowest BCUT2D eigenvalue weighted by Crippen LogP contribution is -2.47.